The summed E-state index contributed by atoms with van der Waals surface area (Å²) >= 11 is 0. The lowest BCUT2D eigenvalue weighted by atomic mass is 9.92. The van der Waals surface area contributed by atoms with Crippen molar-refractivity contribution in [3.8, 4) is 0 Å². The van der Waals surface area contributed by atoms with Gasteiger partial charge in [0.1, 0.15) is 5.84 Å². The van der Waals surface area contributed by atoms with Crippen LogP contribution in [0.2, 0.25) is 0 Å². The monoisotopic (exact) mass is 286 g/mol. The van der Waals surface area contributed by atoms with Crippen LogP contribution in [0, 0.1) is 5.41 Å². The van der Waals surface area contributed by atoms with Crippen molar-refractivity contribution in [2.24, 2.45) is 16.3 Å². The van der Waals surface area contributed by atoms with E-state index in [0.717, 1.165) is 10.9 Å². The predicted octanol–water partition coefficient (Wildman–Crippen LogP) is 1.74. The average Bonchev–Trinajstić information content (AvgIpc) is 2.51. The highest BCUT2D eigenvalue weighted by Crippen LogP contribution is 2.15. The topological polar surface area (TPSA) is 101 Å². The summed E-state index contributed by atoms with van der Waals surface area (Å²) in [5, 5.41) is 15.4. The number of amidine groups is 1. The van der Waals surface area contributed by atoms with E-state index in [1.54, 1.807) is 38.2 Å². The number of amides is 1. The largest absolute Gasteiger partial charge is 0.409 e. The van der Waals surface area contributed by atoms with Crippen LogP contribution in [-0.2, 0) is 0 Å². The first-order valence-corrected chi connectivity index (χ1v) is 6.55. The molecule has 4 N–H and O–H groups in total. The molecule has 0 aliphatic heterocycles. The molecule has 0 bridgehead atoms. The number of rotatable bonds is 4. The third kappa shape index (κ3) is 3.28. The number of carbonyl (C=O) groups excluding carboxylic acids is 1. The fourth-order valence-electron chi connectivity index (χ4n) is 1.85. The Balaban J connectivity index is 2.12. The van der Waals surface area contributed by atoms with Gasteiger partial charge in [-0.05, 0) is 24.3 Å². The van der Waals surface area contributed by atoms with Gasteiger partial charge < -0.3 is 16.3 Å². The van der Waals surface area contributed by atoms with Crippen molar-refractivity contribution in [2.45, 2.75) is 13.8 Å². The van der Waals surface area contributed by atoms with Crippen molar-refractivity contribution in [3.05, 3.63) is 42.1 Å². The van der Waals surface area contributed by atoms with Crippen molar-refractivity contribution < 1.29 is 10.0 Å². The van der Waals surface area contributed by atoms with Crippen molar-refractivity contribution in [1.82, 2.24) is 10.3 Å². The summed E-state index contributed by atoms with van der Waals surface area (Å²) in [7, 11) is 0. The zero-order chi connectivity index (χ0) is 15.5. The Kier molecular flexibility index (Phi) is 4.07. The van der Waals surface area contributed by atoms with E-state index in [4.69, 9.17) is 10.9 Å². The van der Waals surface area contributed by atoms with Crippen molar-refractivity contribution in [1.29, 1.82) is 0 Å². The zero-order valence-electron chi connectivity index (χ0n) is 12.0. The second-order valence-corrected chi connectivity index (χ2v) is 5.46. The number of pyridine rings is 1. The van der Waals surface area contributed by atoms with E-state index < -0.39 is 5.41 Å². The SMILES string of the molecule is CC(C)(CNC(=O)c1ccc2ncccc2c1)/C(N)=N/O. The molecule has 1 amide bonds. The van der Waals surface area contributed by atoms with Crippen LogP contribution >= 0.6 is 0 Å². The Hall–Kier alpha value is -2.63. The van der Waals surface area contributed by atoms with Crippen LogP contribution in [0.3, 0.4) is 0 Å². The molecule has 0 aliphatic carbocycles. The molecule has 0 radical (unpaired) electrons. The van der Waals surface area contributed by atoms with Gasteiger partial charge in [0.2, 0.25) is 0 Å². The van der Waals surface area contributed by atoms with Crippen LogP contribution < -0.4 is 11.1 Å². The molecule has 2 rings (SSSR count). The first kappa shape index (κ1) is 14.8. The number of nitrogens with two attached hydrogens (primary N) is 1. The van der Waals surface area contributed by atoms with Gasteiger partial charge >= 0.3 is 0 Å². The molecule has 1 aromatic heterocycles. The lowest BCUT2D eigenvalue weighted by molar-refractivity contribution is 0.0944. The Morgan fingerprint density at radius 3 is 2.90 bits per heavy atom. The van der Waals surface area contributed by atoms with E-state index in [-0.39, 0.29) is 18.3 Å². The minimum absolute atomic E-state index is 0.0745. The van der Waals surface area contributed by atoms with Crippen LogP contribution in [0.25, 0.3) is 10.9 Å². The molecule has 0 fully saturated rings. The number of fused-ring (bicyclic) bond motifs is 1. The molecular formula is C15H18N4O2. The number of aromatic nitrogens is 1. The first-order valence-electron chi connectivity index (χ1n) is 6.55. The number of hydrogen-bond acceptors (Lipinski definition) is 4. The van der Waals surface area contributed by atoms with Gasteiger partial charge in [0.05, 0.1) is 5.52 Å². The highest BCUT2D eigenvalue weighted by molar-refractivity contribution is 5.98. The van der Waals surface area contributed by atoms with E-state index in [0.29, 0.717) is 5.56 Å². The Morgan fingerprint density at radius 1 is 1.43 bits per heavy atom. The van der Waals surface area contributed by atoms with Gasteiger partial charge in [0.25, 0.3) is 5.91 Å². The molecule has 1 aromatic carbocycles. The van der Waals surface area contributed by atoms with Crippen molar-refractivity contribution >= 4 is 22.6 Å². The van der Waals surface area contributed by atoms with E-state index in [9.17, 15) is 4.79 Å². The molecule has 0 atom stereocenters. The molecule has 0 aliphatic rings. The normalized spacial score (nSPS) is 12.4. The smallest absolute Gasteiger partial charge is 0.251 e. The molecular weight excluding hydrogens is 268 g/mol. The summed E-state index contributed by atoms with van der Waals surface area (Å²) in [6.07, 6.45) is 1.71. The van der Waals surface area contributed by atoms with Crippen molar-refractivity contribution in [2.75, 3.05) is 6.54 Å². The molecule has 0 saturated heterocycles. The first-order chi connectivity index (χ1) is 9.94. The maximum atomic E-state index is 12.2. The second kappa shape index (κ2) is 5.78. The van der Waals surface area contributed by atoms with Gasteiger partial charge in [-0.25, -0.2) is 0 Å². The van der Waals surface area contributed by atoms with Gasteiger partial charge in [-0.1, -0.05) is 25.1 Å². The Labute approximate surface area is 122 Å². The minimum Gasteiger partial charge on any atom is -0.409 e. The summed E-state index contributed by atoms with van der Waals surface area (Å²) in [5.41, 5.74) is 6.35. The van der Waals surface area contributed by atoms with Crippen LogP contribution in [0.15, 0.2) is 41.7 Å². The molecule has 0 saturated carbocycles. The number of nitrogens with one attached hydrogen (secondary N) is 1. The maximum Gasteiger partial charge on any atom is 0.251 e. The molecule has 2 aromatic rings. The van der Waals surface area contributed by atoms with Gasteiger partial charge in [0, 0.05) is 29.1 Å². The third-order valence-corrected chi connectivity index (χ3v) is 3.36. The third-order valence-electron chi connectivity index (χ3n) is 3.36. The fourth-order valence-corrected chi connectivity index (χ4v) is 1.85. The van der Waals surface area contributed by atoms with E-state index in [1.165, 1.54) is 0 Å². The summed E-state index contributed by atoms with van der Waals surface area (Å²) in [5.74, 6) is -0.134. The Bertz CT molecular complexity index is 695. The zero-order valence-corrected chi connectivity index (χ0v) is 12.0. The molecule has 6 nitrogen and oxygen atoms in total. The van der Waals surface area contributed by atoms with Crippen LogP contribution in [0.1, 0.15) is 24.2 Å². The summed E-state index contributed by atoms with van der Waals surface area (Å²) in [4.78, 5) is 16.4. The second-order valence-electron chi connectivity index (χ2n) is 5.46. The number of carbonyl (C=O) groups is 1. The van der Waals surface area contributed by atoms with E-state index >= 15 is 0 Å². The van der Waals surface area contributed by atoms with E-state index in [2.05, 4.69) is 15.5 Å². The average molecular weight is 286 g/mol. The summed E-state index contributed by atoms with van der Waals surface area (Å²) in [6.45, 7) is 3.84. The molecule has 0 spiro atoms. The summed E-state index contributed by atoms with van der Waals surface area (Å²) in [6, 6.07) is 9.04. The van der Waals surface area contributed by atoms with Gasteiger partial charge in [0.15, 0.2) is 0 Å². The lowest BCUT2D eigenvalue weighted by Crippen LogP contribution is -2.42. The quantitative estimate of drug-likeness (QED) is 0.345. The molecule has 6 heteroatoms. The van der Waals surface area contributed by atoms with Gasteiger partial charge in [-0.2, -0.15) is 0 Å². The number of hydrogen-bond donors (Lipinski definition) is 3. The molecule has 0 unspecified atom stereocenters. The number of nitrogens with zero attached hydrogens (tertiary/aromatic N) is 2. The molecule has 110 valence electrons. The molecule has 1 heterocycles. The summed E-state index contributed by atoms with van der Waals surface area (Å²) < 4.78 is 0. The van der Waals surface area contributed by atoms with Gasteiger partial charge in [-0.15, -0.1) is 0 Å². The van der Waals surface area contributed by atoms with Crippen LogP contribution in [0.4, 0.5) is 0 Å². The minimum atomic E-state index is -0.622. The van der Waals surface area contributed by atoms with Crippen molar-refractivity contribution in [3.63, 3.8) is 0 Å². The van der Waals surface area contributed by atoms with E-state index in [1.807, 2.05) is 12.1 Å². The fraction of sp³-hybridized carbons (Fsp3) is 0.267. The number of benzene rings is 1. The number of oxime groups is 1. The molecule has 21 heavy (non-hydrogen) atoms. The highest BCUT2D eigenvalue weighted by atomic mass is 16.4. The highest BCUT2D eigenvalue weighted by Gasteiger charge is 2.24. The standard InChI is InChI=1S/C15H18N4O2/c1-15(2,14(16)19-21)9-18-13(20)11-5-6-12-10(8-11)4-3-7-17-12/h3-8,21H,9H2,1-2H3,(H2,16,19)(H,18,20). The van der Waals surface area contributed by atoms with Crippen LogP contribution in [0.5, 0.6) is 0 Å². The lowest BCUT2D eigenvalue weighted by Gasteiger charge is -2.23. The predicted molar refractivity (Wildman–Crippen MR) is 81.3 cm³/mol. The van der Waals surface area contributed by atoms with Crippen LogP contribution in [-0.4, -0.2) is 28.5 Å². The Morgan fingerprint density at radius 2 is 2.19 bits per heavy atom. The van der Waals surface area contributed by atoms with Gasteiger partial charge in [-0.3, -0.25) is 9.78 Å². The maximum absolute atomic E-state index is 12.2.